The Morgan fingerprint density at radius 2 is 1.19 bits per heavy atom. The van der Waals surface area contributed by atoms with Gasteiger partial charge in [-0.2, -0.15) is 0 Å². The molecule has 2 nitrogen and oxygen atoms in total. The third kappa shape index (κ3) is 11.0. The van der Waals surface area contributed by atoms with Gasteiger partial charge in [-0.15, -0.1) is 0 Å². The van der Waals surface area contributed by atoms with Crippen molar-refractivity contribution in [3.05, 3.63) is 54.1 Å². The molecule has 0 saturated heterocycles. The molecule has 0 amide bonds. The van der Waals surface area contributed by atoms with Gasteiger partial charge < -0.3 is 0 Å². The van der Waals surface area contributed by atoms with Crippen molar-refractivity contribution in [1.29, 1.82) is 0 Å². The first-order valence-corrected chi connectivity index (χ1v) is 13.5. The number of rotatable bonds is 19. The molecule has 2 rings (SSSR count). The van der Waals surface area contributed by atoms with Crippen LogP contribution in [0, 0.1) is 0 Å². The zero-order chi connectivity index (χ0) is 22.0. The Balaban J connectivity index is 1.68. The van der Waals surface area contributed by atoms with Gasteiger partial charge in [0.1, 0.15) is 12.4 Å². The average molecular weight is 426 g/mol. The Bertz CT molecular complexity index is 659. The minimum Gasteiger partial charge on any atom is -0.234 e. The number of hydrogen-bond donors (Lipinski definition) is 0. The van der Waals surface area contributed by atoms with E-state index in [2.05, 4.69) is 65.7 Å². The predicted octanol–water partition coefficient (Wildman–Crippen LogP) is 8.26. The van der Waals surface area contributed by atoms with Crippen LogP contribution in [-0.2, 0) is 19.5 Å². The lowest BCUT2D eigenvalue weighted by atomic mass is 10.1. The fourth-order valence-corrected chi connectivity index (χ4v) is 4.54. The van der Waals surface area contributed by atoms with Gasteiger partial charge in [0.15, 0.2) is 0 Å². The van der Waals surface area contributed by atoms with Crippen LogP contribution in [0.15, 0.2) is 42.7 Å². The maximum Gasteiger partial charge on any atom is 0.260 e. The van der Waals surface area contributed by atoms with Gasteiger partial charge in [0.25, 0.3) is 5.82 Å². The van der Waals surface area contributed by atoms with Crippen molar-refractivity contribution < 1.29 is 4.57 Å². The first-order valence-electron chi connectivity index (χ1n) is 13.5. The first kappa shape index (κ1) is 25.7. The van der Waals surface area contributed by atoms with Crippen LogP contribution in [0.4, 0.5) is 0 Å². The number of benzene rings is 1. The van der Waals surface area contributed by atoms with E-state index in [1.54, 1.807) is 0 Å². The third-order valence-corrected chi connectivity index (χ3v) is 6.55. The summed E-state index contributed by atoms with van der Waals surface area (Å²) in [5.74, 6) is 1.48. The summed E-state index contributed by atoms with van der Waals surface area (Å²) in [6, 6.07) is 11.0. The quantitative estimate of drug-likeness (QED) is 0.158. The highest BCUT2D eigenvalue weighted by Gasteiger charge is 2.17. The summed E-state index contributed by atoms with van der Waals surface area (Å²) in [6.45, 7) is 6.90. The van der Waals surface area contributed by atoms with E-state index in [9.17, 15) is 0 Å². The maximum atomic E-state index is 2.52. The van der Waals surface area contributed by atoms with E-state index in [0.29, 0.717) is 0 Å². The first-order chi connectivity index (χ1) is 15.3. The highest BCUT2D eigenvalue weighted by atomic mass is 15.1. The molecule has 2 heteroatoms. The molecule has 0 unspecified atom stereocenters. The lowest BCUT2D eigenvalue weighted by Gasteiger charge is -2.06. The van der Waals surface area contributed by atoms with E-state index in [-0.39, 0.29) is 0 Å². The molecular formula is C29H49N2+. The van der Waals surface area contributed by atoms with Gasteiger partial charge in [-0.3, -0.25) is 0 Å². The second kappa shape index (κ2) is 17.0. The molecule has 0 bridgehead atoms. The van der Waals surface area contributed by atoms with Crippen LogP contribution in [0.3, 0.4) is 0 Å². The molecule has 0 fully saturated rings. The zero-order valence-electron chi connectivity index (χ0n) is 20.7. The van der Waals surface area contributed by atoms with Crippen LogP contribution in [-0.4, -0.2) is 4.57 Å². The van der Waals surface area contributed by atoms with E-state index in [1.165, 1.54) is 114 Å². The summed E-state index contributed by atoms with van der Waals surface area (Å²) >= 11 is 0. The summed E-state index contributed by atoms with van der Waals surface area (Å²) in [7, 11) is 0. The summed E-state index contributed by atoms with van der Waals surface area (Å²) in [4.78, 5) is 0. The van der Waals surface area contributed by atoms with Gasteiger partial charge in [-0.1, -0.05) is 115 Å². The van der Waals surface area contributed by atoms with Gasteiger partial charge in [0.05, 0.1) is 19.5 Å². The van der Waals surface area contributed by atoms with E-state index in [1.807, 2.05) is 0 Å². The van der Waals surface area contributed by atoms with Crippen molar-refractivity contribution in [1.82, 2.24) is 4.57 Å². The molecule has 0 spiro atoms. The summed E-state index contributed by atoms with van der Waals surface area (Å²) in [5, 5.41) is 0. The molecular weight excluding hydrogens is 376 g/mol. The second-order valence-corrected chi connectivity index (χ2v) is 9.36. The number of imidazole rings is 1. The maximum absolute atomic E-state index is 2.52. The molecule has 31 heavy (non-hydrogen) atoms. The number of aryl methyl sites for hydroxylation is 2. The van der Waals surface area contributed by atoms with Crippen molar-refractivity contribution in [3.8, 4) is 0 Å². The van der Waals surface area contributed by atoms with Crippen LogP contribution in [0.2, 0.25) is 0 Å². The largest absolute Gasteiger partial charge is 0.260 e. The van der Waals surface area contributed by atoms with E-state index < -0.39 is 0 Å². The summed E-state index contributed by atoms with van der Waals surface area (Å²) in [5.41, 5.74) is 1.42. The Labute approximate surface area is 193 Å². The van der Waals surface area contributed by atoms with Crippen molar-refractivity contribution in [2.45, 2.75) is 130 Å². The molecule has 0 saturated carbocycles. The van der Waals surface area contributed by atoms with Crippen molar-refractivity contribution in [2.24, 2.45) is 0 Å². The molecule has 0 N–H and O–H groups in total. The average Bonchev–Trinajstić information content (AvgIpc) is 3.16. The van der Waals surface area contributed by atoms with Crippen LogP contribution >= 0.6 is 0 Å². The normalized spacial score (nSPS) is 11.3. The lowest BCUT2D eigenvalue weighted by Crippen LogP contribution is -2.37. The fourth-order valence-electron chi connectivity index (χ4n) is 4.54. The van der Waals surface area contributed by atoms with Crippen molar-refractivity contribution in [3.63, 3.8) is 0 Å². The van der Waals surface area contributed by atoms with Gasteiger partial charge in [-0.25, -0.2) is 9.13 Å². The zero-order valence-corrected chi connectivity index (χ0v) is 20.7. The molecule has 0 aliphatic rings. The number of unbranched alkanes of at least 4 members (excludes halogenated alkanes) is 13. The topological polar surface area (TPSA) is 8.81 Å². The fraction of sp³-hybridized carbons (Fsp3) is 0.690. The van der Waals surface area contributed by atoms with E-state index in [0.717, 1.165) is 13.0 Å². The van der Waals surface area contributed by atoms with Gasteiger partial charge in [0.2, 0.25) is 0 Å². The molecule has 0 radical (unpaired) electrons. The van der Waals surface area contributed by atoms with Gasteiger partial charge >= 0.3 is 0 Å². The SMILES string of the molecule is CCCCCCCCCCCCCCn1cc[n+](CCCCC)c1Cc1ccccc1. The van der Waals surface area contributed by atoms with Crippen LogP contribution in [0.25, 0.3) is 0 Å². The molecule has 2 aromatic rings. The number of hydrogen-bond acceptors (Lipinski definition) is 0. The molecule has 1 aromatic carbocycles. The summed E-state index contributed by atoms with van der Waals surface area (Å²) in [6.07, 6.45) is 26.5. The minimum atomic E-state index is 1.04. The van der Waals surface area contributed by atoms with E-state index in [4.69, 9.17) is 0 Å². The van der Waals surface area contributed by atoms with Crippen LogP contribution < -0.4 is 4.57 Å². The Morgan fingerprint density at radius 1 is 0.645 bits per heavy atom. The van der Waals surface area contributed by atoms with Crippen molar-refractivity contribution >= 4 is 0 Å². The van der Waals surface area contributed by atoms with Gasteiger partial charge in [0, 0.05) is 0 Å². The molecule has 0 atom stereocenters. The lowest BCUT2D eigenvalue weighted by molar-refractivity contribution is -0.703. The third-order valence-electron chi connectivity index (χ3n) is 6.55. The highest BCUT2D eigenvalue weighted by Crippen LogP contribution is 2.13. The molecule has 1 aromatic heterocycles. The highest BCUT2D eigenvalue weighted by molar-refractivity contribution is 5.18. The number of nitrogens with zero attached hydrogens (tertiary/aromatic N) is 2. The predicted molar refractivity (Wildman–Crippen MR) is 134 cm³/mol. The summed E-state index contributed by atoms with van der Waals surface area (Å²) < 4.78 is 5.03. The molecule has 1 heterocycles. The Hall–Kier alpha value is -1.57. The Kier molecular flexibility index (Phi) is 14.1. The molecule has 174 valence electrons. The van der Waals surface area contributed by atoms with Crippen LogP contribution in [0.5, 0.6) is 0 Å². The molecule has 0 aliphatic carbocycles. The Morgan fingerprint density at radius 3 is 1.81 bits per heavy atom. The number of aromatic nitrogens is 2. The van der Waals surface area contributed by atoms with Crippen molar-refractivity contribution in [2.75, 3.05) is 0 Å². The second-order valence-electron chi connectivity index (χ2n) is 9.36. The standard InChI is InChI=1S/C29H49N2/c1-3-5-7-8-9-10-11-12-13-14-15-20-24-31-26-25-30(23-19-6-4-2)29(31)27-28-21-17-16-18-22-28/h16-18,21-22,25-26H,3-15,19-20,23-24,27H2,1-2H3/q+1. The smallest absolute Gasteiger partial charge is 0.234 e. The minimum absolute atomic E-state index is 1.04. The van der Waals surface area contributed by atoms with Gasteiger partial charge in [-0.05, 0) is 31.2 Å². The van der Waals surface area contributed by atoms with E-state index >= 15 is 0 Å². The molecule has 0 aliphatic heterocycles. The monoisotopic (exact) mass is 425 g/mol. The van der Waals surface area contributed by atoms with Crippen LogP contribution in [0.1, 0.15) is 122 Å².